The topological polar surface area (TPSA) is 0 Å². The van der Waals surface area contributed by atoms with Gasteiger partial charge in [-0.25, -0.2) is 0 Å². The predicted octanol–water partition coefficient (Wildman–Crippen LogP) is 6.51. The molecule has 0 radical (unpaired) electrons. The first-order chi connectivity index (χ1) is 10.1. The second-order valence-electron chi connectivity index (χ2n) is 6.70. The van der Waals surface area contributed by atoms with Crippen LogP contribution in [0.1, 0.15) is 26.3 Å². The Morgan fingerprint density at radius 2 is 1.38 bits per heavy atom. The lowest BCUT2D eigenvalue weighted by Gasteiger charge is -2.19. The zero-order chi connectivity index (χ0) is 14.6. The molecule has 0 aliphatic rings. The third kappa shape index (κ3) is 1.88. The minimum absolute atomic E-state index is 0.177. The fraction of sp³-hybridized carbons (Fsp3) is 0.200. The molecule has 0 amide bonds. The quantitative estimate of drug-likeness (QED) is 0.346. The largest absolute Gasteiger partial charge is 0.134 e. The van der Waals surface area contributed by atoms with Crippen molar-refractivity contribution in [1.82, 2.24) is 0 Å². The fourth-order valence-electron chi connectivity index (χ4n) is 3.12. The summed E-state index contributed by atoms with van der Waals surface area (Å²) in [6.45, 7) is 6.89. The van der Waals surface area contributed by atoms with Crippen molar-refractivity contribution in [3.05, 3.63) is 60.2 Å². The number of fused-ring (bicyclic) bond motifs is 5. The molecule has 0 saturated carbocycles. The van der Waals surface area contributed by atoms with E-state index in [1.165, 1.54) is 36.5 Å². The van der Waals surface area contributed by atoms with Gasteiger partial charge in [0.25, 0.3) is 0 Å². The van der Waals surface area contributed by atoms with Gasteiger partial charge in [0, 0.05) is 20.2 Å². The average Bonchev–Trinajstić information content (AvgIpc) is 2.85. The third-order valence-corrected chi connectivity index (χ3v) is 5.48. The van der Waals surface area contributed by atoms with Crippen LogP contribution in [0.2, 0.25) is 0 Å². The van der Waals surface area contributed by atoms with Crippen LogP contribution < -0.4 is 0 Å². The highest BCUT2D eigenvalue weighted by Crippen LogP contribution is 2.42. The normalized spacial score (nSPS) is 12.5. The molecule has 0 aliphatic carbocycles. The van der Waals surface area contributed by atoms with E-state index in [9.17, 15) is 0 Å². The van der Waals surface area contributed by atoms with Gasteiger partial charge in [-0.1, -0.05) is 75.4 Å². The zero-order valence-electron chi connectivity index (χ0n) is 12.6. The third-order valence-electron chi connectivity index (χ3n) is 4.20. The monoisotopic (exact) mass is 290 g/mol. The number of benzene rings is 3. The molecular formula is C20H18S. The summed E-state index contributed by atoms with van der Waals surface area (Å²) in [4.78, 5) is 0. The van der Waals surface area contributed by atoms with Gasteiger partial charge in [-0.15, -0.1) is 11.3 Å². The van der Waals surface area contributed by atoms with Crippen molar-refractivity contribution in [1.29, 1.82) is 0 Å². The van der Waals surface area contributed by atoms with Crippen LogP contribution in [0.25, 0.3) is 30.9 Å². The van der Waals surface area contributed by atoms with Gasteiger partial charge in [0.2, 0.25) is 0 Å². The van der Waals surface area contributed by atoms with Crippen LogP contribution >= 0.6 is 11.3 Å². The Bertz CT molecular complexity index is 968. The molecule has 0 unspecified atom stereocenters. The lowest BCUT2D eigenvalue weighted by atomic mass is 9.86. The van der Waals surface area contributed by atoms with Gasteiger partial charge in [0.1, 0.15) is 0 Å². The SMILES string of the molecule is CC(C)(C)c1cccc2c1sc1c3ccccc3ccc21. The molecule has 1 heterocycles. The van der Waals surface area contributed by atoms with Gasteiger partial charge in [-0.3, -0.25) is 0 Å². The number of hydrogen-bond donors (Lipinski definition) is 0. The summed E-state index contributed by atoms with van der Waals surface area (Å²) in [5.74, 6) is 0. The smallest absolute Gasteiger partial charge is 0.0433 e. The first-order valence-electron chi connectivity index (χ1n) is 7.39. The van der Waals surface area contributed by atoms with E-state index in [0.29, 0.717) is 0 Å². The first-order valence-corrected chi connectivity index (χ1v) is 8.21. The van der Waals surface area contributed by atoms with Crippen molar-refractivity contribution in [2.24, 2.45) is 0 Å². The van der Waals surface area contributed by atoms with Crippen LogP contribution in [-0.4, -0.2) is 0 Å². The summed E-state index contributed by atoms with van der Waals surface area (Å²) in [6, 6.07) is 19.9. The molecule has 4 aromatic rings. The Morgan fingerprint density at radius 1 is 0.667 bits per heavy atom. The standard InChI is InChI=1S/C20H18S/c1-20(2,3)17-10-6-9-15-16-12-11-13-7-4-5-8-14(13)18(16)21-19(15)17/h4-12H,1-3H3. The van der Waals surface area contributed by atoms with Crippen molar-refractivity contribution in [2.75, 3.05) is 0 Å². The van der Waals surface area contributed by atoms with E-state index in [0.717, 1.165) is 0 Å². The van der Waals surface area contributed by atoms with E-state index in [1.54, 1.807) is 0 Å². The molecule has 0 nitrogen and oxygen atoms in total. The second-order valence-corrected chi connectivity index (χ2v) is 7.72. The molecule has 0 aliphatic heterocycles. The molecular weight excluding hydrogens is 272 g/mol. The number of thiophene rings is 1. The van der Waals surface area contributed by atoms with Crippen LogP contribution in [0.4, 0.5) is 0 Å². The number of rotatable bonds is 0. The maximum Gasteiger partial charge on any atom is 0.0433 e. The lowest BCUT2D eigenvalue weighted by Crippen LogP contribution is -2.10. The highest BCUT2D eigenvalue weighted by Gasteiger charge is 2.19. The Hall–Kier alpha value is -1.86. The van der Waals surface area contributed by atoms with E-state index in [-0.39, 0.29) is 5.41 Å². The summed E-state index contributed by atoms with van der Waals surface area (Å²) < 4.78 is 2.86. The molecule has 0 atom stereocenters. The van der Waals surface area contributed by atoms with Gasteiger partial charge in [-0.2, -0.15) is 0 Å². The van der Waals surface area contributed by atoms with Crippen molar-refractivity contribution >= 4 is 42.3 Å². The average molecular weight is 290 g/mol. The van der Waals surface area contributed by atoms with Gasteiger partial charge >= 0.3 is 0 Å². The van der Waals surface area contributed by atoms with E-state index in [2.05, 4.69) is 75.4 Å². The molecule has 0 bridgehead atoms. The van der Waals surface area contributed by atoms with Crippen molar-refractivity contribution in [3.63, 3.8) is 0 Å². The Morgan fingerprint density at radius 3 is 2.19 bits per heavy atom. The molecule has 3 aromatic carbocycles. The van der Waals surface area contributed by atoms with Crippen LogP contribution in [0, 0.1) is 0 Å². The summed E-state index contributed by atoms with van der Waals surface area (Å²) in [5, 5.41) is 5.48. The minimum atomic E-state index is 0.177. The van der Waals surface area contributed by atoms with Gasteiger partial charge in [-0.05, 0) is 21.8 Å². The zero-order valence-corrected chi connectivity index (χ0v) is 13.4. The van der Waals surface area contributed by atoms with Crippen molar-refractivity contribution in [2.45, 2.75) is 26.2 Å². The van der Waals surface area contributed by atoms with E-state index >= 15 is 0 Å². The lowest BCUT2D eigenvalue weighted by molar-refractivity contribution is 0.597. The van der Waals surface area contributed by atoms with Gasteiger partial charge < -0.3 is 0 Å². The van der Waals surface area contributed by atoms with Crippen LogP contribution in [-0.2, 0) is 5.41 Å². The van der Waals surface area contributed by atoms with Gasteiger partial charge in [0.05, 0.1) is 0 Å². The Labute approximate surface area is 129 Å². The maximum absolute atomic E-state index is 2.30. The molecule has 4 rings (SSSR count). The molecule has 21 heavy (non-hydrogen) atoms. The molecule has 0 saturated heterocycles. The minimum Gasteiger partial charge on any atom is -0.134 e. The highest BCUT2D eigenvalue weighted by molar-refractivity contribution is 7.26. The number of hydrogen-bond acceptors (Lipinski definition) is 1. The maximum atomic E-state index is 2.30. The summed E-state index contributed by atoms with van der Waals surface area (Å²) >= 11 is 1.94. The fourth-order valence-corrected chi connectivity index (χ4v) is 4.68. The van der Waals surface area contributed by atoms with E-state index in [1.807, 2.05) is 11.3 Å². The first kappa shape index (κ1) is 12.8. The van der Waals surface area contributed by atoms with Gasteiger partial charge in [0.15, 0.2) is 0 Å². The Kier molecular flexibility index (Phi) is 2.64. The summed E-state index contributed by atoms with van der Waals surface area (Å²) in [5.41, 5.74) is 1.63. The molecule has 1 heteroatoms. The second kappa shape index (κ2) is 4.32. The van der Waals surface area contributed by atoms with E-state index in [4.69, 9.17) is 0 Å². The summed E-state index contributed by atoms with van der Waals surface area (Å²) in [6.07, 6.45) is 0. The van der Waals surface area contributed by atoms with Crippen molar-refractivity contribution < 1.29 is 0 Å². The predicted molar refractivity (Wildman–Crippen MR) is 95.5 cm³/mol. The molecule has 0 fully saturated rings. The van der Waals surface area contributed by atoms with Crippen LogP contribution in [0.3, 0.4) is 0 Å². The molecule has 0 spiro atoms. The van der Waals surface area contributed by atoms with E-state index < -0.39 is 0 Å². The van der Waals surface area contributed by atoms with Crippen LogP contribution in [0.15, 0.2) is 54.6 Å². The summed E-state index contributed by atoms with van der Waals surface area (Å²) in [7, 11) is 0. The molecule has 1 aromatic heterocycles. The molecule has 104 valence electrons. The highest BCUT2D eigenvalue weighted by atomic mass is 32.1. The molecule has 0 N–H and O–H groups in total. The Balaban J connectivity index is 2.22. The van der Waals surface area contributed by atoms with Crippen LogP contribution in [0.5, 0.6) is 0 Å². The van der Waals surface area contributed by atoms with Crippen molar-refractivity contribution in [3.8, 4) is 0 Å².